The van der Waals surface area contributed by atoms with Crippen LogP contribution in [0.3, 0.4) is 0 Å². The third-order valence-corrected chi connectivity index (χ3v) is 4.94. The number of ether oxygens (including phenoxy) is 3. The summed E-state index contributed by atoms with van der Waals surface area (Å²) in [5.74, 6) is -0.743. The second-order valence-corrected chi connectivity index (χ2v) is 6.92. The van der Waals surface area contributed by atoms with Crippen molar-refractivity contribution in [2.75, 3.05) is 31.8 Å². The Morgan fingerprint density at radius 2 is 1.72 bits per heavy atom. The number of carboxylic acids is 1. The number of benzene rings is 2. The van der Waals surface area contributed by atoms with Gasteiger partial charge in [-0.3, -0.25) is 4.79 Å². The minimum atomic E-state index is -1.04. The fraction of sp³-hybridized carbons (Fsp3) is 0.364. The summed E-state index contributed by atoms with van der Waals surface area (Å²) in [5, 5.41) is 8.69. The van der Waals surface area contributed by atoms with Crippen LogP contribution in [0.25, 0.3) is 0 Å². The molecule has 1 fully saturated rings. The van der Waals surface area contributed by atoms with Gasteiger partial charge in [0, 0.05) is 38.8 Å². The minimum absolute atomic E-state index is 0.129. The van der Waals surface area contributed by atoms with Crippen LogP contribution >= 0.6 is 0 Å². The third-order valence-electron chi connectivity index (χ3n) is 4.94. The molecule has 0 aromatic heterocycles. The van der Waals surface area contributed by atoms with Gasteiger partial charge in [0.1, 0.15) is 5.75 Å². The fourth-order valence-corrected chi connectivity index (χ4v) is 3.25. The summed E-state index contributed by atoms with van der Waals surface area (Å²) in [4.78, 5) is 25.6. The van der Waals surface area contributed by atoms with Crippen LogP contribution in [-0.2, 0) is 25.7 Å². The molecular formula is C22H25NO6. The van der Waals surface area contributed by atoms with E-state index in [1.165, 1.54) is 0 Å². The van der Waals surface area contributed by atoms with E-state index in [4.69, 9.17) is 19.3 Å². The van der Waals surface area contributed by atoms with Crippen LogP contribution in [0.2, 0.25) is 0 Å². The first kappa shape index (κ1) is 20.8. The molecule has 154 valence electrons. The highest BCUT2D eigenvalue weighted by Crippen LogP contribution is 2.31. The number of hydrogen-bond acceptors (Lipinski definition) is 5. The summed E-state index contributed by atoms with van der Waals surface area (Å²) in [5.41, 5.74) is 0.738. The highest BCUT2D eigenvalue weighted by Gasteiger charge is 2.43. The standard InChI is InChI=1S/C22H25NO6/c1-23(18-7-9-19(10-8-18)28-16-20(24)25)21(26)22(11-13-27-14-12-22)29-15-17-5-3-2-4-6-17/h2-10H,11-16H2,1H3,(H,24,25). The largest absolute Gasteiger partial charge is 0.482 e. The van der Waals surface area contributed by atoms with Crippen LogP contribution in [-0.4, -0.2) is 49.5 Å². The van der Waals surface area contributed by atoms with Crippen LogP contribution in [0, 0.1) is 0 Å². The van der Waals surface area contributed by atoms with Crippen molar-refractivity contribution >= 4 is 17.6 Å². The zero-order valence-corrected chi connectivity index (χ0v) is 16.4. The summed E-state index contributed by atoms with van der Waals surface area (Å²) in [6, 6.07) is 16.5. The van der Waals surface area contributed by atoms with Crippen molar-refractivity contribution in [1.82, 2.24) is 0 Å². The Morgan fingerprint density at radius 1 is 1.07 bits per heavy atom. The first-order chi connectivity index (χ1) is 14.0. The minimum Gasteiger partial charge on any atom is -0.482 e. The topological polar surface area (TPSA) is 85.3 Å². The average Bonchev–Trinajstić information content (AvgIpc) is 2.77. The number of nitrogens with zero attached hydrogens (tertiary/aromatic N) is 1. The van der Waals surface area contributed by atoms with Crippen molar-refractivity contribution in [3.8, 4) is 5.75 Å². The third kappa shape index (κ3) is 5.34. The van der Waals surface area contributed by atoms with Gasteiger partial charge in [0.15, 0.2) is 12.2 Å². The van der Waals surface area contributed by atoms with Crippen molar-refractivity contribution < 1.29 is 28.9 Å². The highest BCUT2D eigenvalue weighted by molar-refractivity contribution is 5.99. The smallest absolute Gasteiger partial charge is 0.341 e. The summed E-state index contributed by atoms with van der Waals surface area (Å²) in [7, 11) is 1.71. The van der Waals surface area contributed by atoms with E-state index in [2.05, 4.69) is 0 Å². The Hall–Kier alpha value is -2.90. The van der Waals surface area contributed by atoms with Gasteiger partial charge in [-0.15, -0.1) is 0 Å². The molecule has 0 radical (unpaired) electrons. The molecule has 1 aliphatic rings. The van der Waals surface area contributed by atoms with Gasteiger partial charge in [0.25, 0.3) is 5.91 Å². The predicted octanol–water partition coefficient (Wildman–Crippen LogP) is 2.88. The first-order valence-corrected chi connectivity index (χ1v) is 9.49. The molecule has 29 heavy (non-hydrogen) atoms. The number of likely N-dealkylation sites (N-methyl/N-ethyl adjacent to an activating group) is 1. The second kappa shape index (κ2) is 9.54. The molecule has 7 heteroatoms. The van der Waals surface area contributed by atoms with Crippen molar-refractivity contribution in [2.24, 2.45) is 0 Å². The number of carboxylic acid groups (broad SMARTS) is 1. The van der Waals surface area contributed by atoms with Gasteiger partial charge >= 0.3 is 5.97 Å². The zero-order chi connectivity index (χ0) is 20.7. The van der Waals surface area contributed by atoms with E-state index in [0.29, 0.717) is 44.1 Å². The van der Waals surface area contributed by atoms with Crippen molar-refractivity contribution in [2.45, 2.75) is 25.0 Å². The number of rotatable bonds is 8. The Morgan fingerprint density at radius 3 is 2.34 bits per heavy atom. The van der Waals surface area contributed by atoms with Gasteiger partial charge in [-0.2, -0.15) is 0 Å². The number of carbonyl (C=O) groups is 2. The van der Waals surface area contributed by atoms with Crippen LogP contribution in [0.15, 0.2) is 54.6 Å². The summed E-state index contributed by atoms with van der Waals surface area (Å²) in [6.07, 6.45) is 0.978. The number of amides is 1. The quantitative estimate of drug-likeness (QED) is 0.735. The van der Waals surface area contributed by atoms with Gasteiger partial charge in [-0.05, 0) is 29.8 Å². The maximum absolute atomic E-state index is 13.4. The molecule has 0 atom stereocenters. The molecule has 1 heterocycles. The molecule has 0 bridgehead atoms. The molecule has 1 N–H and O–H groups in total. The maximum atomic E-state index is 13.4. The summed E-state index contributed by atoms with van der Waals surface area (Å²) in [6.45, 7) is 0.875. The second-order valence-electron chi connectivity index (χ2n) is 6.92. The molecule has 2 aromatic carbocycles. The van der Waals surface area contributed by atoms with E-state index in [1.54, 1.807) is 36.2 Å². The van der Waals surface area contributed by atoms with Gasteiger partial charge in [0.2, 0.25) is 0 Å². The molecule has 0 saturated carbocycles. The molecule has 7 nitrogen and oxygen atoms in total. The molecule has 2 aromatic rings. The summed E-state index contributed by atoms with van der Waals surface area (Å²) < 4.78 is 16.8. The van der Waals surface area contributed by atoms with E-state index >= 15 is 0 Å². The molecule has 0 spiro atoms. The molecule has 3 rings (SSSR count). The zero-order valence-electron chi connectivity index (χ0n) is 16.4. The lowest BCUT2D eigenvalue weighted by Crippen LogP contribution is -2.52. The number of aliphatic carboxylic acids is 1. The molecular weight excluding hydrogens is 374 g/mol. The lowest BCUT2D eigenvalue weighted by atomic mass is 9.92. The maximum Gasteiger partial charge on any atom is 0.341 e. The SMILES string of the molecule is CN(C(=O)C1(OCc2ccccc2)CCOCC1)c1ccc(OCC(=O)O)cc1. The van der Waals surface area contributed by atoms with Gasteiger partial charge in [-0.25, -0.2) is 4.79 Å². The predicted molar refractivity (Wildman–Crippen MR) is 107 cm³/mol. The average molecular weight is 399 g/mol. The molecule has 0 unspecified atom stereocenters. The van der Waals surface area contributed by atoms with Crippen LogP contribution in [0.1, 0.15) is 18.4 Å². The lowest BCUT2D eigenvalue weighted by molar-refractivity contribution is -0.160. The van der Waals surface area contributed by atoms with E-state index in [9.17, 15) is 9.59 Å². The number of hydrogen-bond donors (Lipinski definition) is 1. The number of carbonyl (C=O) groups excluding carboxylic acids is 1. The Labute approximate surface area is 169 Å². The fourth-order valence-electron chi connectivity index (χ4n) is 3.25. The highest BCUT2D eigenvalue weighted by atomic mass is 16.5. The van der Waals surface area contributed by atoms with Crippen LogP contribution in [0.5, 0.6) is 5.75 Å². The van der Waals surface area contributed by atoms with Gasteiger partial charge in [-0.1, -0.05) is 30.3 Å². The van der Waals surface area contributed by atoms with Gasteiger partial charge < -0.3 is 24.2 Å². The molecule has 0 aliphatic carbocycles. The molecule has 1 saturated heterocycles. The monoisotopic (exact) mass is 399 g/mol. The molecule has 1 amide bonds. The van der Waals surface area contributed by atoms with Crippen molar-refractivity contribution in [3.05, 3.63) is 60.2 Å². The van der Waals surface area contributed by atoms with E-state index in [-0.39, 0.29) is 5.91 Å². The van der Waals surface area contributed by atoms with Crippen molar-refractivity contribution in [1.29, 1.82) is 0 Å². The Balaban J connectivity index is 1.72. The Kier molecular flexibility index (Phi) is 6.85. The first-order valence-electron chi connectivity index (χ1n) is 9.49. The Bertz CT molecular complexity index is 815. The molecule has 1 aliphatic heterocycles. The van der Waals surface area contributed by atoms with E-state index < -0.39 is 18.2 Å². The van der Waals surface area contributed by atoms with E-state index in [0.717, 1.165) is 5.56 Å². The van der Waals surface area contributed by atoms with Crippen LogP contribution in [0.4, 0.5) is 5.69 Å². The van der Waals surface area contributed by atoms with Crippen molar-refractivity contribution in [3.63, 3.8) is 0 Å². The normalized spacial score (nSPS) is 15.5. The summed E-state index contributed by atoms with van der Waals surface area (Å²) >= 11 is 0. The lowest BCUT2D eigenvalue weighted by Gasteiger charge is -2.38. The number of anilines is 1. The van der Waals surface area contributed by atoms with Gasteiger partial charge in [0.05, 0.1) is 6.61 Å². The van der Waals surface area contributed by atoms with Crippen LogP contribution < -0.4 is 9.64 Å². The van der Waals surface area contributed by atoms with E-state index in [1.807, 2.05) is 30.3 Å².